The van der Waals surface area contributed by atoms with Crippen LogP contribution in [-0.2, 0) is 22.9 Å². The summed E-state index contributed by atoms with van der Waals surface area (Å²) in [6, 6.07) is 0. The quantitative estimate of drug-likeness (QED) is 0.418. The monoisotopic (exact) mass is 423 g/mol. The molecule has 0 radical (unpaired) electrons. The van der Waals surface area contributed by atoms with Gasteiger partial charge in [-0.25, -0.2) is 15.0 Å². The number of hydrogen-bond acceptors (Lipinski definition) is 14. The lowest BCUT2D eigenvalue weighted by molar-refractivity contribution is -0.347. The van der Waals surface area contributed by atoms with Crippen LogP contribution in [0.1, 0.15) is 6.23 Å². The maximum Gasteiger partial charge on any atom is 0.167 e. The van der Waals surface area contributed by atoms with Crippen molar-refractivity contribution >= 4 is 32.6 Å². The molecule has 15 nitrogen and oxygen atoms in total. The summed E-state index contributed by atoms with van der Waals surface area (Å²) in [5.41, 5.74) is 5.88. The summed E-state index contributed by atoms with van der Waals surface area (Å²) in [7, 11) is -11.0. The molecule has 2 aromatic rings. The fourth-order valence-electron chi connectivity index (χ4n) is 2.58. The van der Waals surface area contributed by atoms with Gasteiger partial charge >= 0.3 is 0 Å². The first-order valence-corrected chi connectivity index (χ1v) is 10.0. The molecule has 4 atom stereocenters. The summed E-state index contributed by atoms with van der Waals surface area (Å²) in [6.07, 6.45) is -4.40. The third-order valence-electron chi connectivity index (χ3n) is 3.62. The van der Waals surface area contributed by atoms with Crippen molar-refractivity contribution in [3.8, 4) is 0 Å². The molecule has 3 N–H and O–H groups in total. The second-order valence-electron chi connectivity index (χ2n) is 5.40. The Labute approximate surface area is 150 Å². The first-order valence-electron chi connectivity index (χ1n) is 7.10. The van der Waals surface area contributed by atoms with Gasteiger partial charge in [-0.3, -0.25) is 4.57 Å². The van der Waals surface area contributed by atoms with E-state index in [1.54, 1.807) is 0 Å². The highest BCUT2D eigenvalue weighted by atomic mass is 31.2. The molecule has 150 valence electrons. The number of nitrogens with two attached hydrogens (primary N) is 1. The van der Waals surface area contributed by atoms with E-state index in [-0.39, 0.29) is 17.0 Å². The molecule has 3 rings (SSSR count). The molecule has 27 heavy (non-hydrogen) atoms. The van der Waals surface area contributed by atoms with Crippen LogP contribution < -0.4 is 25.3 Å². The van der Waals surface area contributed by atoms with Crippen molar-refractivity contribution in [1.29, 1.82) is 0 Å². The molecule has 3 heterocycles. The highest BCUT2D eigenvalue weighted by Crippen LogP contribution is 2.40. The molecule has 0 bridgehead atoms. The van der Waals surface area contributed by atoms with Gasteiger partial charge in [0.25, 0.3) is 0 Å². The van der Waals surface area contributed by atoms with Crippen molar-refractivity contribution in [3.05, 3.63) is 12.7 Å². The molecule has 17 heteroatoms. The molecule has 0 saturated carbocycles. The number of phosphoric acid groups is 2. The molecule has 0 aromatic carbocycles. The third kappa shape index (κ3) is 4.50. The SMILES string of the molecule is Nc1ncnc2c1ncn2[C@@H]1O[C@H](COP(=O)([O-])[O-])[C@@H](OP(=O)([O-])[O-])[C@H]1O. The van der Waals surface area contributed by atoms with Crippen LogP contribution in [0.25, 0.3) is 11.2 Å². The Hall–Kier alpha value is -1.51. The zero-order valence-corrected chi connectivity index (χ0v) is 14.8. The van der Waals surface area contributed by atoms with Crippen molar-refractivity contribution in [2.75, 3.05) is 12.3 Å². The summed E-state index contributed by atoms with van der Waals surface area (Å²) >= 11 is 0. The molecule has 2 aromatic heterocycles. The van der Waals surface area contributed by atoms with Crippen molar-refractivity contribution in [2.24, 2.45) is 0 Å². The van der Waals surface area contributed by atoms with Gasteiger partial charge in [-0.2, -0.15) is 0 Å². The predicted molar refractivity (Wildman–Crippen MR) is 75.7 cm³/mol. The van der Waals surface area contributed by atoms with E-state index < -0.39 is 46.8 Å². The minimum absolute atomic E-state index is 0.0150. The number of phosphoric ester groups is 2. The van der Waals surface area contributed by atoms with Crippen molar-refractivity contribution in [2.45, 2.75) is 24.5 Å². The van der Waals surface area contributed by atoms with Crippen LogP contribution in [-0.4, -0.2) is 49.5 Å². The van der Waals surface area contributed by atoms with Crippen LogP contribution in [0.15, 0.2) is 12.7 Å². The van der Waals surface area contributed by atoms with Gasteiger partial charge in [0.1, 0.15) is 30.2 Å². The Bertz CT molecular complexity index is 926. The molecule has 1 aliphatic rings. The van der Waals surface area contributed by atoms with E-state index >= 15 is 0 Å². The van der Waals surface area contributed by atoms with Gasteiger partial charge in [-0.15, -0.1) is 0 Å². The standard InChI is InChI=1S/C10H15N5O10P2/c11-8-5-9(13-2-12-8)15(3-14-5)10-6(16)7(25-27(20,21)22)4(24-10)1-23-26(17,18)19/h2-4,6-7,10,16H,1H2,(H2,11,12,13)(H2,17,18,19)(H2,20,21,22)/p-4/t4-,6-,7-,10-/m1/s1. The van der Waals surface area contributed by atoms with E-state index in [4.69, 9.17) is 10.5 Å². The Kier molecular flexibility index (Phi) is 5.35. The predicted octanol–water partition coefficient (Wildman–Crippen LogP) is -4.27. The van der Waals surface area contributed by atoms with Crippen molar-refractivity contribution in [1.82, 2.24) is 19.5 Å². The average molecular weight is 423 g/mol. The van der Waals surface area contributed by atoms with Crippen molar-refractivity contribution < 1.29 is 47.6 Å². The summed E-state index contributed by atoms with van der Waals surface area (Å²) in [4.78, 5) is 54.7. The lowest BCUT2D eigenvalue weighted by atomic mass is 10.1. The summed E-state index contributed by atoms with van der Waals surface area (Å²) < 4.78 is 36.4. The second-order valence-corrected chi connectivity index (χ2v) is 7.66. The van der Waals surface area contributed by atoms with Gasteiger partial charge in [-0.1, -0.05) is 0 Å². The molecule has 1 aliphatic heterocycles. The number of aliphatic hydroxyl groups excluding tert-OH is 1. The number of nitrogen functional groups attached to an aromatic ring is 1. The summed E-state index contributed by atoms with van der Waals surface area (Å²) in [5, 5.41) is 10.4. The van der Waals surface area contributed by atoms with Crippen LogP contribution in [0, 0.1) is 0 Å². The van der Waals surface area contributed by atoms with Crippen LogP contribution >= 0.6 is 15.6 Å². The Morgan fingerprint density at radius 2 is 1.93 bits per heavy atom. The van der Waals surface area contributed by atoms with Crippen LogP contribution in [0.4, 0.5) is 5.82 Å². The number of aromatic nitrogens is 4. The minimum atomic E-state index is -5.60. The first kappa shape index (κ1) is 20.2. The number of imidazole rings is 1. The fraction of sp³-hybridized carbons (Fsp3) is 0.500. The second kappa shape index (κ2) is 7.14. The summed E-state index contributed by atoms with van der Waals surface area (Å²) in [5.74, 6) is 0.0150. The Morgan fingerprint density at radius 3 is 2.56 bits per heavy atom. The first-order chi connectivity index (χ1) is 12.5. The molecule has 1 fully saturated rings. The zero-order valence-electron chi connectivity index (χ0n) is 13.1. The largest absolute Gasteiger partial charge is 0.790 e. The average Bonchev–Trinajstić information content (AvgIpc) is 3.07. The van der Waals surface area contributed by atoms with Crippen LogP contribution in [0.5, 0.6) is 0 Å². The fourth-order valence-corrected chi connectivity index (χ4v) is 3.47. The van der Waals surface area contributed by atoms with E-state index in [1.165, 1.54) is 0 Å². The van der Waals surface area contributed by atoms with Gasteiger partial charge in [0, 0.05) is 0 Å². The number of rotatable bonds is 6. The van der Waals surface area contributed by atoms with E-state index in [1.807, 2.05) is 0 Å². The topological polar surface area (TPSA) is 244 Å². The van der Waals surface area contributed by atoms with E-state index in [0.717, 1.165) is 17.2 Å². The molecule has 0 aliphatic carbocycles. The van der Waals surface area contributed by atoms with Gasteiger partial charge in [0.2, 0.25) is 0 Å². The van der Waals surface area contributed by atoms with E-state index in [9.17, 15) is 33.8 Å². The van der Waals surface area contributed by atoms with Gasteiger partial charge in [0.15, 0.2) is 17.7 Å². The maximum absolute atomic E-state index is 10.9. The molecular weight excluding hydrogens is 412 g/mol. The zero-order chi connectivity index (χ0) is 20.0. The highest BCUT2D eigenvalue weighted by molar-refractivity contribution is 7.43. The molecular formula is C10H11N5O10P2-4. The normalized spacial score (nSPS) is 26.7. The highest BCUT2D eigenvalue weighted by Gasteiger charge is 2.46. The van der Waals surface area contributed by atoms with Gasteiger partial charge in [-0.05, 0) is 0 Å². The van der Waals surface area contributed by atoms with Crippen LogP contribution in [0.2, 0.25) is 0 Å². The van der Waals surface area contributed by atoms with E-state index in [2.05, 4.69) is 24.0 Å². The number of hydrogen-bond donors (Lipinski definition) is 2. The van der Waals surface area contributed by atoms with E-state index in [0.29, 0.717) is 0 Å². The Balaban J connectivity index is 1.93. The smallest absolute Gasteiger partial charge is 0.167 e. The number of fused-ring (bicyclic) bond motifs is 1. The number of ether oxygens (including phenoxy) is 1. The molecule has 0 amide bonds. The summed E-state index contributed by atoms with van der Waals surface area (Å²) in [6.45, 7) is -0.994. The van der Waals surface area contributed by atoms with Gasteiger partial charge < -0.3 is 53.3 Å². The lowest BCUT2D eigenvalue weighted by Gasteiger charge is -2.35. The molecule has 0 spiro atoms. The molecule has 0 unspecified atom stereocenters. The number of anilines is 1. The number of nitrogens with zero attached hydrogens (tertiary/aromatic N) is 4. The third-order valence-corrected chi connectivity index (χ3v) is 4.59. The lowest BCUT2D eigenvalue weighted by Crippen LogP contribution is -2.39. The van der Waals surface area contributed by atoms with Gasteiger partial charge in [0.05, 0.1) is 28.6 Å². The van der Waals surface area contributed by atoms with Crippen LogP contribution in [0.3, 0.4) is 0 Å². The Morgan fingerprint density at radius 1 is 1.22 bits per heavy atom. The maximum atomic E-state index is 10.9. The molecule has 1 saturated heterocycles. The minimum Gasteiger partial charge on any atom is -0.790 e. The van der Waals surface area contributed by atoms with Crippen molar-refractivity contribution in [3.63, 3.8) is 0 Å². The number of aliphatic hydroxyl groups is 1.